The number of allylic oxidation sites excluding steroid dienone is 3. The van der Waals surface area contributed by atoms with Gasteiger partial charge < -0.3 is 29.9 Å². The molecule has 52 heavy (non-hydrogen) atoms. The monoisotopic (exact) mass is 754 g/mol. The molecule has 6 nitrogen and oxygen atoms in total. The number of piperidine rings is 1. The van der Waals surface area contributed by atoms with Gasteiger partial charge in [-0.3, -0.25) is 0 Å². The molecule has 2 saturated heterocycles. The second-order valence-corrected chi connectivity index (χ2v) is 19.4. The van der Waals surface area contributed by atoms with E-state index < -0.39 is 0 Å². The fourth-order valence-electron chi connectivity index (χ4n) is 6.27. The molecule has 2 aliphatic rings. The number of nitrogens with two attached hydrogens (primary N) is 1. The minimum atomic E-state index is -0.361. The smallest absolute Gasteiger partial charge is 0.151 e. The average molecular weight is 754 g/mol. The number of nitrogens with one attached hydrogen (secondary N) is 1. The number of aromatic nitrogens is 1. The normalized spacial score (nSPS) is 16.9. The first-order chi connectivity index (χ1) is 24.6. The standard InChI is InChI=1S/C24H33N2OPS.2C6H13N.C5H11N.C3H6/c1-9-16-11-10-12-17-13-21(26(5)22(16)17)19-14-18(24(2,3)4)15-20(23(19)27-6)25-28(7)29-8;1-6-4-3-5-7(6)2;1-7-5-3-2-4-6-7;1-3-4-5(2)6;1-3-2/h10-15,25H,9H2,1-8H3;6H,3-5H2,1-2H3;2-6H2,1H3;4H,3,6H2,1-2H3;3H,1H2,2H3/b;;;5-4-;. The summed E-state index contributed by atoms with van der Waals surface area (Å²) in [6, 6.07) is 14.3. The van der Waals surface area contributed by atoms with Gasteiger partial charge in [-0.25, -0.2) is 0 Å². The molecular weight excluding hydrogens is 678 g/mol. The number of hydrogen-bond donors (Lipinski definition) is 2. The number of hydrogen-bond acceptors (Lipinski definition) is 6. The maximum Gasteiger partial charge on any atom is 0.151 e. The number of rotatable bonds is 7. The maximum atomic E-state index is 5.98. The van der Waals surface area contributed by atoms with E-state index in [0.29, 0.717) is 0 Å². The summed E-state index contributed by atoms with van der Waals surface area (Å²) in [5.41, 5.74) is 13.6. The molecule has 2 aliphatic heterocycles. The van der Waals surface area contributed by atoms with Crippen LogP contribution in [0.2, 0.25) is 0 Å². The summed E-state index contributed by atoms with van der Waals surface area (Å²) in [6.45, 7) is 26.7. The lowest BCUT2D eigenvalue weighted by atomic mass is 9.85. The van der Waals surface area contributed by atoms with Gasteiger partial charge in [0.05, 0.1) is 24.0 Å². The van der Waals surface area contributed by atoms with Gasteiger partial charge >= 0.3 is 0 Å². The van der Waals surface area contributed by atoms with E-state index >= 15 is 0 Å². The zero-order chi connectivity index (χ0) is 39.4. The van der Waals surface area contributed by atoms with Crippen LogP contribution in [0.25, 0.3) is 22.2 Å². The fourth-order valence-corrected chi connectivity index (χ4v) is 7.43. The molecule has 3 N–H and O–H groups in total. The van der Waals surface area contributed by atoms with Crippen LogP contribution < -0.4 is 15.6 Å². The molecule has 0 saturated carbocycles. The Morgan fingerprint density at radius 1 is 1.06 bits per heavy atom. The van der Waals surface area contributed by atoms with Crippen molar-refractivity contribution in [3.05, 3.63) is 72.0 Å². The Hall–Kier alpha value is -2.44. The lowest BCUT2D eigenvalue weighted by molar-refractivity contribution is 0.277. The van der Waals surface area contributed by atoms with E-state index in [-0.39, 0.29) is 12.7 Å². The molecular formula is C44H76N5OPS. The van der Waals surface area contributed by atoms with Crippen molar-refractivity contribution in [1.29, 1.82) is 0 Å². The highest BCUT2D eigenvalue weighted by Crippen LogP contribution is 2.49. The van der Waals surface area contributed by atoms with Gasteiger partial charge in [0.15, 0.2) is 5.75 Å². The van der Waals surface area contributed by atoms with Crippen molar-refractivity contribution in [2.24, 2.45) is 12.8 Å². The minimum absolute atomic E-state index is 0.0481. The molecule has 0 spiro atoms. The van der Waals surface area contributed by atoms with Crippen LogP contribution in [0, 0.1) is 0 Å². The third-order valence-electron chi connectivity index (χ3n) is 9.50. The van der Waals surface area contributed by atoms with Gasteiger partial charge in [-0.15, -0.1) is 18.0 Å². The summed E-state index contributed by atoms with van der Waals surface area (Å²) in [7, 11) is 7.97. The van der Waals surface area contributed by atoms with Crippen molar-refractivity contribution >= 4 is 35.2 Å². The van der Waals surface area contributed by atoms with Crippen LogP contribution >= 0.6 is 18.7 Å². The molecule has 3 heterocycles. The van der Waals surface area contributed by atoms with Crippen molar-refractivity contribution in [3.63, 3.8) is 0 Å². The van der Waals surface area contributed by atoms with E-state index in [1.54, 1.807) is 13.2 Å². The summed E-state index contributed by atoms with van der Waals surface area (Å²) in [4.78, 5) is 4.80. The molecule has 0 amide bonds. The Bertz CT molecular complexity index is 1480. The predicted octanol–water partition coefficient (Wildman–Crippen LogP) is 12.1. The van der Waals surface area contributed by atoms with Gasteiger partial charge in [-0.1, -0.05) is 71.4 Å². The summed E-state index contributed by atoms with van der Waals surface area (Å²) < 4.78 is 8.30. The molecule has 3 aromatic rings. The van der Waals surface area contributed by atoms with Crippen LogP contribution in [-0.4, -0.2) is 74.2 Å². The van der Waals surface area contributed by atoms with Gasteiger partial charge in [0.1, 0.15) is 0 Å². The lowest BCUT2D eigenvalue weighted by Crippen LogP contribution is -2.24. The highest BCUT2D eigenvalue weighted by Gasteiger charge is 2.23. The Morgan fingerprint density at radius 3 is 2.08 bits per heavy atom. The van der Waals surface area contributed by atoms with E-state index in [1.165, 1.54) is 79.5 Å². The summed E-state index contributed by atoms with van der Waals surface area (Å²) in [5, 5.41) is 4.98. The number of likely N-dealkylation sites (tertiary alicyclic amines) is 2. The number of fused-ring (bicyclic) bond motifs is 1. The number of methoxy groups -OCH3 is 1. The number of aryl methyl sites for hydroxylation is 2. The Labute approximate surface area is 325 Å². The largest absolute Gasteiger partial charge is 0.494 e. The van der Waals surface area contributed by atoms with Crippen LogP contribution in [0.15, 0.2) is 60.8 Å². The van der Waals surface area contributed by atoms with Crippen molar-refractivity contribution < 1.29 is 4.74 Å². The van der Waals surface area contributed by atoms with Crippen molar-refractivity contribution in [3.8, 4) is 17.0 Å². The Kier molecular flexibility index (Phi) is 22.7. The summed E-state index contributed by atoms with van der Waals surface area (Å²) in [6.07, 6.45) is 15.0. The molecule has 2 atom stereocenters. The van der Waals surface area contributed by atoms with E-state index in [9.17, 15) is 0 Å². The van der Waals surface area contributed by atoms with Crippen molar-refractivity contribution in [2.45, 2.75) is 112 Å². The first-order valence-electron chi connectivity index (χ1n) is 19.3. The molecule has 2 fully saturated rings. The van der Waals surface area contributed by atoms with E-state index in [4.69, 9.17) is 10.5 Å². The topological polar surface area (TPSA) is 58.7 Å². The third kappa shape index (κ3) is 15.9. The molecule has 2 aromatic carbocycles. The van der Waals surface area contributed by atoms with E-state index in [1.807, 2.05) is 31.3 Å². The second kappa shape index (κ2) is 24.8. The molecule has 5 rings (SSSR count). The van der Waals surface area contributed by atoms with Gasteiger partial charge in [0, 0.05) is 37.0 Å². The molecule has 8 heteroatoms. The number of ether oxygens (including phenoxy) is 1. The van der Waals surface area contributed by atoms with E-state index in [0.717, 1.165) is 41.6 Å². The van der Waals surface area contributed by atoms with E-state index in [2.05, 4.69) is 138 Å². The molecule has 0 aliphatic carbocycles. The molecule has 1 aromatic heterocycles. The molecule has 2 unspecified atom stereocenters. The third-order valence-corrected chi connectivity index (χ3v) is 12.5. The van der Waals surface area contributed by atoms with Crippen LogP contribution in [0.4, 0.5) is 5.69 Å². The second-order valence-electron chi connectivity index (χ2n) is 15.0. The van der Waals surface area contributed by atoms with Crippen molar-refractivity contribution in [1.82, 2.24) is 14.4 Å². The number of benzene rings is 2. The quantitative estimate of drug-likeness (QED) is 0.185. The predicted molar refractivity (Wildman–Crippen MR) is 240 cm³/mol. The van der Waals surface area contributed by atoms with Gasteiger partial charge in [-0.2, -0.15) is 0 Å². The molecule has 0 radical (unpaired) electrons. The van der Waals surface area contributed by atoms with Crippen LogP contribution in [0.3, 0.4) is 0 Å². The highest BCUT2D eigenvalue weighted by atomic mass is 32.7. The number of nitrogens with zero attached hydrogens (tertiary/aromatic N) is 3. The molecule has 294 valence electrons. The lowest BCUT2D eigenvalue weighted by Gasteiger charge is -2.25. The van der Waals surface area contributed by atoms with Crippen LogP contribution in [0.1, 0.15) is 105 Å². The number of para-hydroxylation sites is 1. The van der Waals surface area contributed by atoms with Crippen LogP contribution in [0.5, 0.6) is 5.75 Å². The first kappa shape index (κ1) is 47.6. The average Bonchev–Trinajstić information content (AvgIpc) is 3.65. The Morgan fingerprint density at radius 2 is 1.69 bits per heavy atom. The minimum Gasteiger partial charge on any atom is -0.494 e. The highest BCUT2D eigenvalue weighted by molar-refractivity contribution is 8.55. The first-order valence-corrected chi connectivity index (χ1v) is 22.9. The van der Waals surface area contributed by atoms with Gasteiger partial charge in [0.25, 0.3) is 0 Å². The van der Waals surface area contributed by atoms with Crippen LogP contribution in [-0.2, 0) is 18.9 Å². The zero-order valence-corrected chi connectivity index (χ0v) is 37.4. The Balaban J connectivity index is 0.000000470. The maximum absolute atomic E-state index is 5.98. The summed E-state index contributed by atoms with van der Waals surface area (Å²) in [5.74, 6) is 0.922. The van der Waals surface area contributed by atoms with Gasteiger partial charge in [-0.05, 0) is 141 Å². The molecule has 0 bridgehead atoms. The summed E-state index contributed by atoms with van der Waals surface area (Å²) >= 11 is 1.86. The number of anilines is 1. The fraction of sp³-hybridized carbons (Fsp3) is 0.591. The SMILES string of the molecule is C=CC.CC/C=C(/C)N.CC1CCCN1C.CCc1cccc2cc(-c3cc(C(C)(C)C)cc(NP(C)SC)c3OC)n(C)c12.CN1CCCCC1. The zero-order valence-electron chi connectivity index (χ0n) is 35.7. The van der Waals surface area contributed by atoms with Gasteiger partial charge in [0.2, 0.25) is 0 Å². The van der Waals surface area contributed by atoms with Crippen molar-refractivity contribution in [2.75, 3.05) is 58.8 Å².